The number of benzene rings is 8. The summed E-state index contributed by atoms with van der Waals surface area (Å²) in [5, 5.41) is 6.68. The number of allylic oxidation sites excluding steroid dienone is 8. The van der Waals surface area contributed by atoms with E-state index in [1.165, 1.54) is 100 Å². The summed E-state index contributed by atoms with van der Waals surface area (Å²) in [5.41, 5.74) is 18.6. The second-order valence-corrected chi connectivity index (χ2v) is 24.3. The molecule has 4 heterocycles. The first-order valence-corrected chi connectivity index (χ1v) is 27.9. The Morgan fingerprint density at radius 2 is 0.844 bits per heavy atom. The average Bonchev–Trinajstić information content (AvgIpc) is 4.18. The molecule has 0 N–H and O–H groups in total. The number of hydrogen-bond acceptors (Lipinski definition) is 2. The summed E-state index contributed by atoms with van der Waals surface area (Å²) in [6, 6.07) is 57.4. The van der Waals surface area contributed by atoms with E-state index < -0.39 is 0 Å². The lowest BCUT2D eigenvalue weighted by atomic mass is 9.74. The third-order valence-corrected chi connectivity index (χ3v) is 18.8. The maximum absolute atomic E-state index is 7.53. The van der Waals surface area contributed by atoms with Gasteiger partial charge in [0.2, 0.25) is 11.4 Å². The fourth-order valence-corrected chi connectivity index (χ4v) is 14.7. The number of fused-ring (bicyclic) bond motifs is 8. The van der Waals surface area contributed by atoms with Crippen LogP contribution in [0, 0.1) is 0 Å². The van der Waals surface area contributed by atoms with Crippen LogP contribution in [-0.2, 0) is 40.9 Å². The van der Waals surface area contributed by atoms with Gasteiger partial charge >= 0.3 is 0 Å². The minimum Gasteiger partial charge on any atom is -0.347 e. The third-order valence-electron chi connectivity index (χ3n) is 18.1. The van der Waals surface area contributed by atoms with Crippen molar-refractivity contribution in [1.82, 2.24) is 0 Å². The molecular formula is C71H68Cl2N4+2. The van der Waals surface area contributed by atoms with Crippen LogP contribution >= 0.6 is 23.2 Å². The molecule has 0 saturated carbocycles. The van der Waals surface area contributed by atoms with Crippen LogP contribution in [0.1, 0.15) is 86.1 Å². The highest BCUT2D eigenvalue weighted by Gasteiger charge is 2.49. The van der Waals surface area contributed by atoms with E-state index in [0.717, 1.165) is 34.0 Å². The molecule has 4 aliphatic rings. The Morgan fingerprint density at radius 1 is 0.468 bits per heavy atom. The Kier molecular flexibility index (Phi) is 12.3. The van der Waals surface area contributed by atoms with Crippen molar-refractivity contribution >= 4 is 78.9 Å². The van der Waals surface area contributed by atoms with Gasteiger partial charge in [0.05, 0.1) is 10.8 Å². The number of likely N-dealkylation sites (N-methyl/N-ethyl adjacent to an activating group) is 2. The summed E-state index contributed by atoms with van der Waals surface area (Å²) in [7, 11) is 8.83. The van der Waals surface area contributed by atoms with Crippen LogP contribution in [0.5, 0.6) is 0 Å². The van der Waals surface area contributed by atoms with Gasteiger partial charge < -0.3 is 9.80 Å². The number of nitrogens with zero attached hydrogens (tertiary/aromatic N) is 4. The normalized spacial score (nSPS) is 21.2. The molecule has 4 aliphatic heterocycles. The molecule has 0 bridgehead atoms. The van der Waals surface area contributed by atoms with Gasteiger partial charge in [-0.05, 0) is 118 Å². The van der Waals surface area contributed by atoms with Crippen LogP contribution in [-0.4, -0.2) is 48.8 Å². The minimum absolute atomic E-state index is 0.184. The smallest absolute Gasteiger partial charge is 0.209 e. The van der Waals surface area contributed by atoms with Crippen molar-refractivity contribution in [2.45, 2.75) is 82.5 Å². The van der Waals surface area contributed by atoms with Gasteiger partial charge in [-0.3, -0.25) is 0 Å². The summed E-state index contributed by atoms with van der Waals surface area (Å²) in [6.07, 6.45) is 16.1. The highest BCUT2D eigenvalue weighted by molar-refractivity contribution is 6.32. The Bertz CT molecular complexity index is 3690. The fraction of sp³-hybridized carbons (Fsp3) is 0.239. The van der Waals surface area contributed by atoms with E-state index in [1.54, 1.807) is 0 Å². The molecule has 8 aromatic rings. The summed E-state index contributed by atoms with van der Waals surface area (Å²) in [6.45, 7) is 14.2. The van der Waals surface area contributed by atoms with Crippen LogP contribution < -0.4 is 9.80 Å². The Labute approximate surface area is 465 Å². The molecular weight excluding hydrogens is 980 g/mol. The first kappa shape index (κ1) is 50.6. The maximum Gasteiger partial charge on any atom is 0.209 e. The standard InChI is InChI=1S/C71H68Cl2N4/c1-68(2)62(74(7)58-37-35-48-27-17-19-29-52(48)66(58)68)31-21-33-64-70(5,44-46-23-13-11-14-24-46)54-42-56(72)50(40-60(54)76(64)9)39-51-41-61-55(43-57(51)73)71(6,45-47-25-15-12-16-26-47)65(77(61)10)34-22-32-63-69(3,4)67-53-30-20-18-28-49(53)36-38-59(67)75(63)8/h11-38,40-43H,39,44-45H2,1-10H3/q+2. The molecule has 2 atom stereocenters. The van der Waals surface area contributed by atoms with Gasteiger partial charge in [0, 0.05) is 99.6 Å². The van der Waals surface area contributed by atoms with Crippen molar-refractivity contribution in [3.63, 3.8) is 0 Å². The van der Waals surface area contributed by atoms with Crippen molar-refractivity contribution in [2.24, 2.45) is 0 Å². The molecule has 384 valence electrons. The second-order valence-electron chi connectivity index (χ2n) is 23.5. The molecule has 8 aromatic carbocycles. The van der Waals surface area contributed by atoms with Gasteiger partial charge in [0.25, 0.3) is 0 Å². The third kappa shape index (κ3) is 8.08. The molecule has 2 unspecified atom stereocenters. The van der Waals surface area contributed by atoms with Gasteiger partial charge in [0.1, 0.15) is 14.1 Å². The average molecular weight is 1050 g/mol. The lowest BCUT2D eigenvalue weighted by molar-refractivity contribution is -0.401. The second kappa shape index (κ2) is 18.7. The Balaban J connectivity index is 0.901. The fourth-order valence-electron chi connectivity index (χ4n) is 14.2. The van der Waals surface area contributed by atoms with Crippen LogP contribution in [0.3, 0.4) is 0 Å². The zero-order valence-electron chi connectivity index (χ0n) is 46.1. The molecule has 0 saturated heterocycles. The first-order chi connectivity index (χ1) is 36.9. The van der Waals surface area contributed by atoms with Crippen molar-refractivity contribution in [3.05, 3.63) is 260 Å². The summed E-state index contributed by atoms with van der Waals surface area (Å²) in [5.74, 6) is 0. The van der Waals surface area contributed by atoms with Gasteiger partial charge in [-0.25, -0.2) is 0 Å². The topological polar surface area (TPSA) is 12.5 Å². The molecule has 0 aliphatic carbocycles. The molecule has 0 amide bonds. The Morgan fingerprint density at radius 3 is 1.25 bits per heavy atom. The van der Waals surface area contributed by atoms with Gasteiger partial charge in [-0.15, -0.1) is 0 Å². The highest BCUT2D eigenvalue weighted by atomic mass is 35.5. The predicted molar refractivity (Wildman–Crippen MR) is 328 cm³/mol. The molecule has 12 rings (SSSR count). The van der Waals surface area contributed by atoms with Crippen LogP contribution in [0.4, 0.5) is 22.7 Å². The van der Waals surface area contributed by atoms with Gasteiger partial charge in [-0.1, -0.05) is 184 Å². The molecule has 0 radical (unpaired) electrons. The van der Waals surface area contributed by atoms with Crippen LogP contribution in [0.25, 0.3) is 21.5 Å². The quantitative estimate of drug-likeness (QED) is 0.127. The molecule has 77 heavy (non-hydrogen) atoms. The van der Waals surface area contributed by atoms with Crippen molar-refractivity contribution < 1.29 is 9.15 Å². The molecule has 0 aromatic heterocycles. The minimum atomic E-state index is -0.354. The van der Waals surface area contributed by atoms with Gasteiger partial charge in [0.15, 0.2) is 11.4 Å². The molecule has 0 fully saturated rings. The van der Waals surface area contributed by atoms with E-state index in [9.17, 15) is 0 Å². The van der Waals surface area contributed by atoms with Crippen LogP contribution in [0.2, 0.25) is 10.0 Å². The van der Waals surface area contributed by atoms with E-state index in [-0.39, 0.29) is 21.7 Å². The van der Waals surface area contributed by atoms with E-state index in [1.807, 2.05) is 0 Å². The summed E-state index contributed by atoms with van der Waals surface area (Å²) in [4.78, 5) is 4.74. The molecule has 4 nitrogen and oxygen atoms in total. The predicted octanol–water partition coefficient (Wildman–Crippen LogP) is 17.1. The summed E-state index contributed by atoms with van der Waals surface area (Å²) >= 11 is 15.1. The number of anilines is 2. The van der Waals surface area contributed by atoms with Crippen molar-refractivity contribution in [3.8, 4) is 0 Å². The largest absolute Gasteiger partial charge is 0.347 e. The monoisotopic (exact) mass is 1050 g/mol. The molecule has 6 heteroatoms. The first-order valence-electron chi connectivity index (χ1n) is 27.2. The van der Waals surface area contributed by atoms with E-state index in [0.29, 0.717) is 6.42 Å². The number of halogens is 2. The SMILES string of the molecule is CN1/C(=C/C=C/C2=[N+](C)c3cc(Cc4cc5c(cc4Cl)C(C)(Cc4ccccc4)C(/C=C/C=C4/N(C)c6ccc7ccccc7c6C4(C)C)=[N+]5C)c(Cl)cc3C2(C)Cc2ccccc2)C(C)(C)c2c1ccc1ccccc21. The highest BCUT2D eigenvalue weighted by Crippen LogP contribution is 2.53. The number of rotatable bonds is 10. The maximum atomic E-state index is 7.53. The lowest BCUT2D eigenvalue weighted by Crippen LogP contribution is -2.33. The van der Waals surface area contributed by atoms with Crippen molar-refractivity contribution in [1.29, 1.82) is 0 Å². The van der Waals surface area contributed by atoms with E-state index in [4.69, 9.17) is 23.2 Å². The lowest BCUT2D eigenvalue weighted by Gasteiger charge is -2.25. The van der Waals surface area contributed by atoms with E-state index >= 15 is 0 Å². The van der Waals surface area contributed by atoms with Crippen molar-refractivity contribution in [2.75, 3.05) is 38.0 Å². The van der Waals surface area contributed by atoms with Gasteiger partial charge in [-0.2, -0.15) is 9.15 Å². The molecule has 0 spiro atoms. The summed E-state index contributed by atoms with van der Waals surface area (Å²) < 4.78 is 4.78. The zero-order valence-corrected chi connectivity index (χ0v) is 47.7. The number of hydrogen-bond donors (Lipinski definition) is 0. The van der Waals surface area contributed by atoms with Crippen LogP contribution in [0.15, 0.2) is 206 Å². The zero-order chi connectivity index (χ0) is 53.8. The Hall–Kier alpha value is -7.24. The van der Waals surface area contributed by atoms with E-state index in [2.05, 4.69) is 283 Å².